The van der Waals surface area contributed by atoms with Gasteiger partial charge >= 0.3 is 0 Å². The van der Waals surface area contributed by atoms with Crippen LogP contribution in [0.3, 0.4) is 0 Å². The van der Waals surface area contributed by atoms with Crippen molar-refractivity contribution in [2.45, 2.75) is 6.92 Å². The first kappa shape index (κ1) is 18.9. The van der Waals surface area contributed by atoms with Gasteiger partial charge in [-0.3, -0.25) is 9.59 Å². The van der Waals surface area contributed by atoms with Crippen LogP contribution < -0.4 is 10.6 Å². The van der Waals surface area contributed by atoms with Crippen LogP contribution in [0.15, 0.2) is 59.8 Å². The highest BCUT2D eigenvalue weighted by Crippen LogP contribution is 2.17. The van der Waals surface area contributed by atoms with Crippen molar-refractivity contribution in [1.29, 1.82) is 15.8 Å². The van der Waals surface area contributed by atoms with Crippen molar-refractivity contribution in [2.24, 2.45) is 0 Å². The number of allylic oxidation sites excluding steroid dienone is 2. The molecule has 130 valence electrons. The molecule has 27 heavy (non-hydrogen) atoms. The van der Waals surface area contributed by atoms with Crippen LogP contribution in [0.2, 0.25) is 0 Å². The molecule has 0 unspecified atom stereocenters. The lowest BCUT2D eigenvalue weighted by Crippen LogP contribution is -2.12. The van der Waals surface area contributed by atoms with Gasteiger partial charge in [0.2, 0.25) is 0 Å². The molecule has 1 amide bonds. The van der Waals surface area contributed by atoms with E-state index in [-0.39, 0.29) is 17.1 Å². The Labute approximate surface area is 155 Å². The van der Waals surface area contributed by atoms with E-state index in [1.165, 1.54) is 13.0 Å². The Balaban J connectivity index is 2.24. The summed E-state index contributed by atoms with van der Waals surface area (Å²) >= 11 is 0. The lowest BCUT2D eigenvalue weighted by molar-refractivity contribution is 0.101. The molecule has 7 heteroatoms. The van der Waals surface area contributed by atoms with Crippen molar-refractivity contribution in [3.8, 4) is 18.2 Å². The van der Waals surface area contributed by atoms with Gasteiger partial charge in [0.15, 0.2) is 11.4 Å². The lowest BCUT2D eigenvalue weighted by Gasteiger charge is -2.09. The number of carbonyl (C=O) groups is 2. The molecule has 2 aromatic rings. The molecule has 0 radical (unpaired) electrons. The smallest absolute Gasteiger partial charge is 0.255 e. The molecule has 0 atom stereocenters. The Kier molecular flexibility index (Phi) is 6.04. The first-order valence-electron chi connectivity index (χ1n) is 7.72. The molecule has 7 nitrogen and oxygen atoms in total. The number of benzene rings is 2. The van der Waals surface area contributed by atoms with E-state index in [2.05, 4.69) is 10.6 Å². The summed E-state index contributed by atoms with van der Waals surface area (Å²) in [6.45, 7) is 1.44. The number of amides is 1. The summed E-state index contributed by atoms with van der Waals surface area (Å²) in [5.41, 5.74) is 1.06. The molecule has 2 aromatic carbocycles. The summed E-state index contributed by atoms with van der Waals surface area (Å²) in [6, 6.07) is 17.8. The summed E-state index contributed by atoms with van der Waals surface area (Å²) in [5.74, 6) is -0.526. The minimum atomic E-state index is -0.414. The topological polar surface area (TPSA) is 130 Å². The van der Waals surface area contributed by atoms with E-state index >= 15 is 0 Å². The van der Waals surface area contributed by atoms with Gasteiger partial charge in [-0.1, -0.05) is 18.2 Å². The maximum Gasteiger partial charge on any atom is 0.255 e. The van der Waals surface area contributed by atoms with Gasteiger partial charge < -0.3 is 10.6 Å². The van der Waals surface area contributed by atoms with Crippen LogP contribution in [0.1, 0.15) is 27.6 Å². The van der Waals surface area contributed by atoms with Gasteiger partial charge in [0.25, 0.3) is 5.91 Å². The van der Waals surface area contributed by atoms with E-state index in [9.17, 15) is 9.59 Å². The zero-order chi connectivity index (χ0) is 19.8. The highest BCUT2D eigenvalue weighted by molar-refractivity contribution is 6.05. The number of nitriles is 3. The zero-order valence-corrected chi connectivity index (χ0v) is 14.3. The maximum atomic E-state index is 12.4. The number of rotatable bonds is 5. The van der Waals surface area contributed by atoms with E-state index < -0.39 is 5.91 Å². The monoisotopic (exact) mass is 355 g/mol. The average Bonchev–Trinajstić information content (AvgIpc) is 2.68. The summed E-state index contributed by atoms with van der Waals surface area (Å²) in [7, 11) is 0. The standard InChI is InChI=1S/C20H13N5O2/c1-13(26)14-4-2-7-18(8-14)25-20(27)15-5-3-6-17(9-15)24-19(12-23)16(10-21)11-22/h2-9,24H,1H3,(H,25,27). The van der Waals surface area contributed by atoms with Crippen molar-refractivity contribution in [1.82, 2.24) is 0 Å². The fraction of sp³-hybridized carbons (Fsp3) is 0.0500. The second-order valence-corrected chi connectivity index (χ2v) is 5.38. The highest BCUT2D eigenvalue weighted by Gasteiger charge is 2.10. The molecule has 0 aliphatic heterocycles. The largest absolute Gasteiger partial charge is 0.345 e. The number of nitrogens with one attached hydrogen (secondary N) is 2. The number of nitrogens with zero attached hydrogens (tertiary/aromatic N) is 3. The fourth-order valence-corrected chi connectivity index (χ4v) is 2.18. The molecule has 0 bridgehead atoms. The van der Waals surface area contributed by atoms with Crippen LogP contribution in [0, 0.1) is 34.0 Å². The number of hydrogen-bond acceptors (Lipinski definition) is 6. The summed E-state index contributed by atoms with van der Waals surface area (Å²) in [6.07, 6.45) is 0. The number of ketones is 1. The second-order valence-electron chi connectivity index (χ2n) is 5.38. The quantitative estimate of drug-likeness (QED) is 0.624. The number of Topliss-reactive ketones (excluding diaryl/α,β-unsaturated/α-hetero) is 1. The fourth-order valence-electron chi connectivity index (χ4n) is 2.18. The zero-order valence-electron chi connectivity index (χ0n) is 14.3. The van der Waals surface area contributed by atoms with Crippen molar-refractivity contribution in [3.05, 3.63) is 70.9 Å². The predicted molar refractivity (Wildman–Crippen MR) is 98.3 cm³/mol. The predicted octanol–water partition coefficient (Wildman–Crippen LogP) is 3.38. The van der Waals surface area contributed by atoms with Crippen LogP contribution in [-0.2, 0) is 0 Å². The van der Waals surface area contributed by atoms with Gasteiger partial charge in [0.1, 0.15) is 23.9 Å². The minimum absolute atomic E-state index is 0.112. The molecular formula is C20H13N5O2. The van der Waals surface area contributed by atoms with Crippen LogP contribution in [0.5, 0.6) is 0 Å². The Morgan fingerprint density at radius 2 is 1.37 bits per heavy atom. The Morgan fingerprint density at radius 1 is 0.815 bits per heavy atom. The van der Waals surface area contributed by atoms with Gasteiger partial charge in [-0.15, -0.1) is 0 Å². The van der Waals surface area contributed by atoms with E-state index in [4.69, 9.17) is 15.8 Å². The lowest BCUT2D eigenvalue weighted by atomic mass is 10.1. The van der Waals surface area contributed by atoms with Gasteiger partial charge in [-0.2, -0.15) is 15.8 Å². The van der Waals surface area contributed by atoms with E-state index in [1.807, 2.05) is 0 Å². The molecule has 0 fully saturated rings. The van der Waals surface area contributed by atoms with Crippen molar-refractivity contribution >= 4 is 23.1 Å². The average molecular weight is 355 g/mol. The second kappa shape index (κ2) is 8.62. The molecule has 0 heterocycles. The first-order valence-corrected chi connectivity index (χ1v) is 7.72. The normalized spacial score (nSPS) is 9.11. The Hall–Kier alpha value is -4.41. The minimum Gasteiger partial charge on any atom is -0.345 e. The highest BCUT2D eigenvalue weighted by atomic mass is 16.1. The third kappa shape index (κ3) is 4.79. The molecule has 0 saturated heterocycles. The van der Waals surface area contributed by atoms with E-state index in [1.54, 1.807) is 60.7 Å². The van der Waals surface area contributed by atoms with Gasteiger partial charge in [0.05, 0.1) is 0 Å². The molecule has 0 aromatic heterocycles. The number of carbonyl (C=O) groups excluding carboxylic acids is 2. The molecule has 0 spiro atoms. The molecule has 0 saturated carbocycles. The molecule has 2 N–H and O–H groups in total. The van der Waals surface area contributed by atoms with Crippen molar-refractivity contribution in [2.75, 3.05) is 10.6 Å². The molecule has 0 aliphatic carbocycles. The summed E-state index contributed by atoms with van der Waals surface area (Å²) in [5, 5.41) is 32.2. The van der Waals surface area contributed by atoms with Crippen LogP contribution in [0.4, 0.5) is 11.4 Å². The Morgan fingerprint density at radius 3 is 1.93 bits per heavy atom. The van der Waals surface area contributed by atoms with Crippen LogP contribution in [-0.4, -0.2) is 11.7 Å². The van der Waals surface area contributed by atoms with Gasteiger partial charge in [0, 0.05) is 22.5 Å². The third-order valence-electron chi connectivity index (χ3n) is 3.51. The number of anilines is 2. The molecule has 0 aliphatic rings. The van der Waals surface area contributed by atoms with E-state index in [0.29, 0.717) is 22.5 Å². The Bertz CT molecular complexity index is 1050. The molecular weight excluding hydrogens is 342 g/mol. The summed E-state index contributed by atoms with van der Waals surface area (Å²) in [4.78, 5) is 23.9. The van der Waals surface area contributed by atoms with Crippen LogP contribution in [0.25, 0.3) is 0 Å². The van der Waals surface area contributed by atoms with Crippen LogP contribution >= 0.6 is 0 Å². The van der Waals surface area contributed by atoms with Gasteiger partial charge in [-0.25, -0.2) is 0 Å². The van der Waals surface area contributed by atoms with Gasteiger partial charge in [-0.05, 0) is 37.3 Å². The maximum absolute atomic E-state index is 12.4. The van der Waals surface area contributed by atoms with Crippen molar-refractivity contribution < 1.29 is 9.59 Å². The third-order valence-corrected chi connectivity index (χ3v) is 3.51. The van der Waals surface area contributed by atoms with Crippen molar-refractivity contribution in [3.63, 3.8) is 0 Å². The SMILES string of the molecule is CC(=O)c1cccc(NC(=O)c2cccc(NC(C#N)=C(C#N)C#N)c2)c1. The molecule has 2 rings (SSSR count). The van der Waals surface area contributed by atoms with E-state index in [0.717, 1.165) is 0 Å². The summed E-state index contributed by atoms with van der Waals surface area (Å²) < 4.78 is 0. The number of hydrogen-bond donors (Lipinski definition) is 2. The first-order chi connectivity index (χ1) is 13.0.